The lowest BCUT2D eigenvalue weighted by atomic mass is 10.2. The molecule has 0 atom stereocenters. The third kappa shape index (κ3) is 4.04. The fourth-order valence-electron chi connectivity index (χ4n) is 1.61. The van der Waals surface area contributed by atoms with Crippen LogP contribution in [0.1, 0.15) is 26.7 Å². The van der Waals surface area contributed by atoms with Crippen molar-refractivity contribution in [1.82, 2.24) is 15.6 Å². The quantitative estimate of drug-likeness (QED) is 0.788. The summed E-state index contributed by atoms with van der Waals surface area (Å²) in [6.45, 7) is 4.12. The summed E-state index contributed by atoms with van der Waals surface area (Å²) < 4.78 is 5.12. The van der Waals surface area contributed by atoms with Crippen molar-refractivity contribution in [2.45, 2.75) is 6.54 Å². The van der Waals surface area contributed by atoms with Gasteiger partial charge >= 0.3 is 0 Å². The first kappa shape index (κ1) is 14.5. The number of amides is 2. The minimum Gasteiger partial charge on any atom is -0.467 e. The van der Waals surface area contributed by atoms with Crippen molar-refractivity contribution in [3.63, 3.8) is 0 Å². The van der Waals surface area contributed by atoms with E-state index in [1.807, 2.05) is 0 Å². The molecule has 0 aliphatic carbocycles. The molecular formula is C15H15N3O3. The maximum Gasteiger partial charge on any atom is 0.270 e. The summed E-state index contributed by atoms with van der Waals surface area (Å²) in [6, 6.07) is 8.19. The number of hydrogen-bond acceptors (Lipinski definition) is 4. The maximum atomic E-state index is 12.0. The van der Waals surface area contributed by atoms with Gasteiger partial charge in [-0.25, -0.2) is 4.98 Å². The molecule has 6 nitrogen and oxygen atoms in total. The number of furan rings is 1. The Morgan fingerprint density at radius 2 is 1.86 bits per heavy atom. The lowest BCUT2D eigenvalue weighted by Crippen LogP contribution is -2.27. The van der Waals surface area contributed by atoms with Crippen LogP contribution in [-0.2, 0) is 6.54 Å². The second kappa shape index (κ2) is 7.04. The highest BCUT2D eigenvalue weighted by Crippen LogP contribution is 2.02. The smallest absolute Gasteiger partial charge is 0.270 e. The first-order chi connectivity index (χ1) is 10.2. The number of nitrogens with one attached hydrogen (secondary N) is 2. The van der Waals surface area contributed by atoms with E-state index in [2.05, 4.69) is 22.2 Å². The molecule has 0 aliphatic heterocycles. The molecule has 0 aromatic carbocycles. The van der Waals surface area contributed by atoms with Crippen LogP contribution in [0.25, 0.3) is 0 Å². The number of carbonyl (C=O) groups excluding carboxylic acids is 2. The molecule has 0 aliphatic rings. The van der Waals surface area contributed by atoms with Gasteiger partial charge in [-0.05, 0) is 24.3 Å². The lowest BCUT2D eigenvalue weighted by molar-refractivity contribution is 0.0941. The summed E-state index contributed by atoms with van der Waals surface area (Å²) in [7, 11) is 0. The normalized spacial score (nSPS) is 9.90. The van der Waals surface area contributed by atoms with Crippen LogP contribution in [0.5, 0.6) is 0 Å². The van der Waals surface area contributed by atoms with Gasteiger partial charge in [0.25, 0.3) is 11.8 Å². The second-order valence-corrected chi connectivity index (χ2v) is 4.17. The molecule has 0 saturated carbocycles. The van der Waals surface area contributed by atoms with Crippen molar-refractivity contribution in [2.75, 3.05) is 6.54 Å². The summed E-state index contributed by atoms with van der Waals surface area (Å²) in [5, 5.41) is 5.27. The van der Waals surface area contributed by atoms with E-state index in [1.165, 1.54) is 6.26 Å². The standard InChI is InChI=1S/C15H15N3O3/c1-2-8-16-14(19)12-6-3-7-13(18-12)15(20)17-10-11-5-4-9-21-11/h2-7,9H,1,8,10H2,(H,16,19)(H,17,20). The molecule has 0 bridgehead atoms. The summed E-state index contributed by atoms with van der Waals surface area (Å²) in [4.78, 5) is 27.8. The Morgan fingerprint density at radius 1 is 1.14 bits per heavy atom. The minimum absolute atomic E-state index is 0.174. The van der Waals surface area contributed by atoms with Crippen molar-refractivity contribution < 1.29 is 14.0 Å². The van der Waals surface area contributed by atoms with E-state index in [4.69, 9.17) is 4.42 Å². The number of rotatable bonds is 6. The van der Waals surface area contributed by atoms with Crippen LogP contribution in [0, 0.1) is 0 Å². The molecule has 0 radical (unpaired) electrons. The lowest BCUT2D eigenvalue weighted by Gasteiger charge is -2.05. The molecule has 0 fully saturated rings. The van der Waals surface area contributed by atoms with Crippen LogP contribution >= 0.6 is 0 Å². The van der Waals surface area contributed by atoms with Crippen LogP contribution in [0.3, 0.4) is 0 Å². The zero-order valence-electron chi connectivity index (χ0n) is 11.3. The summed E-state index contributed by atoms with van der Waals surface area (Å²) in [6.07, 6.45) is 3.10. The molecule has 2 heterocycles. The first-order valence-electron chi connectivity index (χ1n) is 6.37. The zero-order chi connectivity index (χ0) is 15.1. The van der Waals surface area contributed by atoms with E-state index in [0.29, 0.717) is 12.3 Å². The van der Waals surface area contributed by atoms with E-state index in [9.17, 15) is 9.59 Å². The third-order valence-corrected chi connectivity index (χ3v) is 2.62. The Morgan fingerprint density at radius 3 is 2.48 bits per heavy atom. The average molecular weight is 285 g/mol. The van der Waals surface area contributed by atoms with Crippen LogP contribution < -0.4 is 10.6 Å². The molecule has 108 valence electrons. The Balaban J connectivity index is 2.00. The van der Waals surface area contributed by atoms with Crippen molar-refractivity contribution in [3.05, 3.63) is 66.4 Å². The topological polar surface area (TPSA) is 84.2 Å². The molecular weight excluding hydrogens is 270 g/mol. The van der Waals surface area contributed by atoms with Crippen molar-refractivity contribution in [3.8, 4) is 0 Å². The molecule has 6 heteroatoms. The van der Waals surface area contributed by atoms with Crippen LogP contribution in [0.15, 0.2) is 53.7 Å². The Bertz CT molecular complexity index is 635. The first-order valence-corrected chi connectivity index (χ1v) is 6.37. The maximum absolute atomic E-state index is 12.0. The van der Waals surface area contributed by atoms with Gasteiger partial charge in [0.1, 0.15) is 17.1 Å². The van der Waals surface area contributed by atoms with Gasteiger partial charge in [-0.15, -0.1) is 6.58 Å². The molecule has 2 aromatic heterocycles. The summed E-state index contributed by atoms with van der Waals surface area (Å²) in [5.74, 6) is -0.0800. The predicted octanol–water partition coefficient (Wildman–Crippen LogP) is 1.52. The molecule has 2 N–H and O–H groups in total. The van der Waals surface area contributed by atoms with Gasteiger partial charge in [0.15, 0.2) is 0 Å². The van der Waals surface area contributed by atoms with Crippen LogP contribution in [0.4, 0.5) is 0 Å². The fraction of sp³-hybridized carbons (Fsp3) is 0.133. The Kier molecular flexibility index (Phi) is 4.87. The van der Waals surface area contributed by atoms with Gasteiger partial charge in [-0.3, -0.25) is 9.59 Å². The molecule has 0 saturated heterocycles. The Hall–Kier alpha value is -2.89. The minimum atomic E-state index is -0.371. The monoisotopic (exact) mass is 285 g/mol. The van der Waals surface area contributed by atoms with Crippen molar-refractivity contribution in [2.24, 2.45) is 0 Å². The highest BCUT2D eigenvalue weighted by atomic mass is 16.3. The van der Waals surface area contributed by atoms with E-state index >= 15 is 0 Å². The van der Waals surface area contributed by atoms with Gasteiger partial charge in [-0.1, -0.05) is 12.1 Å². The van der Waals surface area contributed by atoms with Gasteiger partial charge in [0, 0.05) is 6.54 Å². The van der Waals surface area contributed by atoms with E-state index < -0.39 is 0 Å². The second-order valence-electron chi connectivity index (χ2n) is 4.17. The van der Waals surface area contributed by atoms with Crippen molar-refractivity contribution >= 4 is 11.8 Å². The number of pyridine rings is 1. The van der Waals surface area contributed by atoms with E-state index in [1.54, 1.807) is 36.4 Å². The third-order valence-electron chi connectivity index (χ3n) is 2.62. The van der Waals surface area contributed by atoms with Crippen molar-refractivity contribution in [1.29, 1.82) is 0 Å². The Labute approximate surface area is 121 Å². The molecule has 0 unspecified atom stereocenters. The van der Waals surface area contributed by atoms with Gasteiger partial charge in [0.2, 0.25) is 0 Å². The van der Waals surface area contributed by atoms with Gasteiger partial charge < -0.3 is 15.1 Å². The molecule has 0 spiro atoms. The summed E-state index contributed by atoms with van der Waals surface area (Å²) in [5.41, 5.74) is 0.357. The highest BCUT2D eigenvalue weighted by Gasteiger charge is 2.11. The fourth-order valence-corrected chi connectivity index (χ4v) is 1.61. The molecule has 2 aromatic rings. The summed E-state index contributed by atoms with van der Waals surface area (Å²) >= 11 is 0. The molecule has 2 amide bonds. The number of aromatic nitrogens is 1. The molecule has 21 heavy (non-hydrogen) atoms. The largest absolute Gasteiger partial charge is 0.467 e. The van der Waals surface area contributed by atoms with Crippen LogP contribution in [-0.4, -0.2) is 23.3 Å². The SMILES string of the molecule is C=CCNC(=O)c1cccc(C(=O)NCc2ccco2)n1. The van der Waals surface area contributed by atoms with Gasteiger partial charge in [-0.2, -0.15) is 0 Å². The molecule has 2 rings (SSSR count). The van der Waals surface area contributed by atoms with E-state index in [-0.39, 0.29) is 29.7 Å². The van der Waals surface area contributed by atoms with Crippen LogP contribution in [0.2, 0.25) is 0 Å². The number of carbonyl (C=O) groups is 2. The zero-order valence-corrected chi connectivity index (χ0v) is 11.3. The van der Waals surface area contributed by atoms with E-state index in [0.717, 1.165) is 0 Å². The number of nitrogens with zero attached hydrogens (tertiary/aromatic N) is 1. The highest BCUT2D eigenvalue weighted by molar-refractivity contribution is 5.96. The number of hydrogen-bond donors (Lipinski definition) is 2. The van der Waals surface area contributed by atoms with Gasteiger partial charge in [0.05, 0.1) is 12.8 Å². The average Bonchev–Trinajstić information content (AvgIpc) is 3.03. The predicted molar refractivity (Wildman–Crippen MR) is 76.6 cm³/mol.